The third-order valence-electron chi connectivity index (χ3n) is 2.63. The molecule has 0 heterocycles. The van der Waals surface area contributed by atoms with Crippen molar-refractivity contribution in [2.45, 2.75) is 10.6 Å². The first-order chi connectivity index (χ1) is 9.74. The zero-order valence-electron chi connectivity index (χ0n) is 10.4. The van der Waals surface area contributed by atoms with Crippen LogP contribution in [-0.4, -0.2) is 4.21 Å². The second kappa shape index (κ2) is 6.53. The van der Waals surface area contributed by atoms with Crippen molar-refractivity contribution < 1.29 is 4.21 Å². The molecule has 20 heavy (non-hydrogen) atoms. The zero-order valence-corrected chi connectivity index (χ0v) is 11.2. The molecule has 0 aliphatic heterocycles. The van der Waals surface area contributed by atoms with Crippen LogP contribution in [0.5, 0.6) is 0 Å². The Morgan fingerprint density at radius 1 is 1.25 bits per heavy atom. The van der Waals surface area contributed by atoms with E-state index in [9.17, 15) is 4.21 Å². The fourth-order valence-corrected chi connectivity index (χ4v) is 2.97. The molecule has 0 aliphatic rings. The predicted molar refractivity (Wildman–Crippen MR) is 76.5 cm³/mol. The Hall–Kier alpha value is -2.61. The number of rotatable bonds is 4. The first kappa shape index (κ1) is 13.8. The minimum absolute atomic E-state index is 0.315. The van der Waals surface area contributed by atoms with Gasteiger partial charge in [-0.15, -0.1) is 0 Å². The molecule has 0 aromatic heterocycles. The molecule has 0 radical (unpaired) electrons. The molecule has 0 bridgehead atoms. The van der Waals surface area contributed by atoms with Crippen LogP contribution in [-0.2, 0) is 16.6 Å². The Labute approximate surface area is 118 Å². The highest BCUT2D eigenvalue weighted by Gasteiger charge is 2.11. The highest BCUT2D eigenvalue weighted by molar-refractivity contribution is 7.84. The van der Waals surface area contributed by atoms with Crippen molar-refractivity contribution in [2.75, 3.05) is 0 Å². The summed E-state index contributed by atoms with van der Waals surface area (Å²) in [5.74, 6) is 0.315. The van der Waals surface area contributed by atoms with Gasteiger partial charge in [-0.2, -0.15) is 5.26 Å². The average Bonchev–Trinajstić information content (AvgIpc) is 2.48. The molecule has 2 rings (SSSR count). The van der Waals surface area contributed by atoms with Crippen LogP contribution in [0.25, 0.3) is 10.4 Å². The van der Waals surface area contributed by atoms with Crippen LogP contribution in [0.4, 0.5) is 5.69 Å². The summed E-state index contributed by atoms with van der Waals surface area (Å²) in [7, 11) is -1.37. The van der Waals surface area contributed by atoms with Crippen LogP contribution < -0.4 is 0 Å². The molecular weight excluding hydrogens is 272 g/mol. The molecule has 0 spiro atoms. The number of hydrogen-bond acceptors (Lipinski definition) is 3. The van der Waals surface area contributed by atoms with E-state index in [1.54, 1.807) is 0 Å². The van der Waals surface area contributed by atoms with E-state index in [1.807, 2.05) is 36.4 Å². The largest absolute Gasteiger partial charge is 0.254 e. The molecule has 0 N–H and O–H groups in total. The van der Waals surface area contributed by atoms with Gasteiger partial charge in [0.15, 0.2) is 0 Å². The molecule has 5 nitrogen and oxygen atoms in total. The molecular formula is C14H10N4OS. The minimum Gasteiger partial charge on any atom is -0.254 e. The van der Waals surface area contributed by atoms with E-state index in [0.717, 1.165) is 5.56 Å². The highest BCUT2D eigenvalue weighted by Crippen LogP contribution is 2.23. The molecule has 0 amide bonds. The number of benzene rings is 2. The monoisotopic (exact) mass is 282 g/mol. The molecule has 0 fully saturated rings. The van der Waals surface area contributed by atoms with Crippen molar-refractivity contribution >= 4 is 16.5 Å². The van der Waals surface area contributed by atoms with Gasteiger partial charge >= 0.3 is 0 Å². The maximum atomic E-state index is 12.4. The van der Waals surface area contributed by atoms with Crippen molar-refractivity contribution in [3.8, 4) is 6.07 Å². The van der Waals surface area contributed by atoms with Crippen LogP contribution in [0.2, 0.25) is 0 Å². The second-order valence-electron chi connectivity index (χ2n) is 3.96. The van der Waals surface area contributed by atoms with Crippen molar-refractivity contribution in [3.63, 3.8) is 0 Å². The van der Waals surface area contributed by atoms with Gasteiger partial charge in [0, 0.05) is 10.6 Å². The summed E-state index contributed by atoms with van der Waals surface area (Å²) < 4.78 is 12.4. The fourth-order valence-electron chi connectivity index (χ4n) is 1.71. The van der Waals surface area contributed by atoms with E-state index in [1.165, 1.54) is 18.2 Å². The Kier molecular flexibility index (Phi) is 4.51. The lowest BCUT2D eigenvalue weighted by Gasteiger charge is -2.05. The third-order valence-corrected chi connectivity index (χ3v) is 4.06. The van der Waals surface area contributed by atoms with Crippen LogP contribution in [0, 0.1) is 11.3 Å². The standard InChI is InChI=1S/C14H10N4OS/c15-9-12-6-7-13(17-18-16)8-14(12)20(19)10-11-4-2-1-3-5-11/h1-8H,10H2/t20-/m1/s1. The zero-order chi connectivity index (χ0) is 14.4. The van der Waals surface area contributed by atoms with Gasteiger partial charge in [-0.25, -0.2) is 0 Å². The minimum atomic E-state index is -1.37. The summed E-state index contributed by atoms with van der Waals surface area (Å²) in [4.78, 5) is 3.08. The molecule has 0 unspecified atom stereocenters. The van der Waals surface area contributed by atoms with Crippen molar-refractivity contribution in [1.82, 2.24) is 0 Å². The SMILES string of the molecule is N#Cc1ccc(N=[N+]=[N-])cc1[S@](=O)Cc1ccccc1. The quantitative estimate of drug-likeness (QED) is 0.484. The van der Waals surface area contributed by atoms with E-state index >= 15 is 0 Å². The first-order valence-corrected chi connectivity index (χ1v) is 7.08. The molecule has 6 heteroatoms. The van der Waals surface area contributed by atoms with Gasteiger partial charge in [-0.3, -0.25) is 4.21 Å². The van der Waals surface area contributed by atoms with Gasteiger partial charge < -0.3 is 0 Å². The van der Waals surface area contributed by atoms with Crippen molar-refractivity contribution in [1.29, 1.82) is 5.26 Å². The van der Waals surface area contributed by atoms with E-state index in [0.29, 0.717) is 21.9 Å². The topological polar surface area (TPSA) is 89.6 Å². The van der Waals surface area contributed by atoms with Gasteiger partial charge in [0.1, 0.15) is 6.07 Å². The molecule has 98 valence electrons. The smallest absolute Gasteiger partial charge is 0.100 e. The number of azide groups is 1. The molecule has 2 aromatic rings. The van der Waals surface area contributed by atoms with E-state index < -0.39 is 10.8 Å². The summed E-state index contributed by atoms with van der Waals surface area (Å²) >= 11 is 0. The lowest BCUT2D eigenvalue weighted by molar-refractivity contribution is 0.682. The Balaban J connectivity index is 2.35. The Morgan fingerprint density at radius 2 is 2.00 bits per heavy atom. The van der Waals surface area contributed by atoms with Crippen molar-refractivity contribution in [2.24, 2.45) is 5.11 Å². The van der Waals surface area contributed by atoms with Crippen LogP contribution >= 0.6 is 0 Å². The van der Waals surface area contributed by atoms with Gasteiger partial charge in [0.25, 0.3) is 0 Å². The fraction of sp³-hybridized carbons (Fsp3) is 0.0714. The maximum Gasteiger partial charge on any atom is 0.100 e. The van der Waals surface area contributed by atoms with Crippen LogP contribution in [0.1, 0.15) is 11.1 Å². The number of hydrogen-bond donors (Lipinski definition) is 0. The normalized spacial score (nSPS) is 11.2. The van der Waals surface area contributed by atoms with Crippen LogP contribution in [0.3, 0.4) is 0 Å². The number of nitriles is 1. The first-order valence-electron chi connectivity index (χ1n) is 5.76. The lowest BCUT2D eigenvalue weighted by atomic mass is 10.2. The van der Waals surface area contributed by atoms with E-state index in [4.69, 9.17) is 10.8 Å². The van der Waals surface area contributed by atoms with E-state index in [2.05, 4.69) is 10.0 Å². The van der Waals surface area contributed by atoms with Gasteiger partial charge in [0.2, 0.25) is 0 Å². The molecule has 0 aliphatic carbocycles. The lowest BCUT2D eigenvalue weighted by Crippen LogP contribution is -1.99. The third kappa shape index (κ3) is 3.23. The molecule has 0 saturated heterocycles. The predicted octanol–water partition coefficient (Wildman–Crippen LogP) is 3.81. The Bertz CT molecular complexity index is 731. The summed E-state index contributed by atoms with van der Waals surface area (Å²) in [6.45, 7) is 0. The maximum absolute atomic E-state index is 12.4. The average molecular weight is 282 g/mol. The highest BCUT2D eigenvalue weighted by atomic mass is 32.2. The summed E-state index contributed by atoms with van der Waals surface area (Å²) in [6.07, 6.45) is 0. The molecule has 2 aromatic carbocycles. The Morgan fingerprint density at radius 3 is 2.65 bits per heavy atom. The molecule has 1 atom stereocenters. The second-order valence-corrected chi connectivity index (χ2v) is 5.38. The van der Waals surface area contributed by atoms with Gasteiger partial charge in [-0.05, 0) is 23.2 Å². The van der Waals surface area contributed by atoms with Gasteiger partial charge in [0.05, 0.1) is 27.0 Å². The summed E-state index contributed by atoms with van der Waals surface area (Å²) in [5, 5.41) is 12.5. The molecule has 0 saturated carbocycles. The van der Waals surface area contributed by atoms with Crippen molar-refractivity contribution in [3.05, 3.63) is 70.1 Å². The van der Waals surface area contributed by atoms with Gasteiger partial charge in [-0.1, -0.05) is 41.5 Å². The van der Waals surface area contributed by atoms with E-state index in [-0.39, 0.29) is 0 Å². The summed E-state index contributed by atoms with van der Waals surface area (Å²) in [5.41, 5.74) is 10.0. The summed E-state index contributed by atoms with van der Waals surface area (Å²) in [6, 6.07) is 15.9. The number of nitrogens with zero attached hydrogens (tertiary/aromatic N) is 4. The van der Waals surface area contributed by atoms with Crippen LogP contribution in [0.15, 0.2) is 58.5 Å².